The number of para-hydroxylation sites is 1. The second kappa shape index (κ2) is 3.96. The average molecular weight is 286 g/mol. The van der Waals surface area contributed by atoms with Crippen molar-refractivity contribution in [1.29, 1.82) is 5.41 Å². The van der Waals surface area contributed by atoms with Crippen LogP contribution in [0.3, 0.4) is 0 Å². The molecule has 0 aliphatic carbocycles. The lowest BCUT2D eigenvalue weighted by atomic mass is 10.2. The summed E-state index contributed by atoms with van der Waals surface area (Å²) in [4.78, 5) is 1.51. The zero-order chi connectivity index (χ0) is 12.9. The lowest BCUT2D eigenvalue weighted by Crippen LogP contribution is -2.37. The van der Waals surface area contributed by atoms with Crippen LogP contribution in [-0.4, -0.2) is 36.4 Å². The predicted octanol–water partition coefficient (Wildman–Crippen LogP) is 1.48. The van der Waals surface area contributed by atoms with Gasteiger partial charge >= 0.3 is 0 Å². The highest BCUT2D eigenvalue weighted by atomic mass is 32.2. The molecule has 3 rings (SSSR count). The van der Waals surface area contributed by atoms with Crippen LogP contribution in [0.1, 0.15) is 0 Å². The Hall–Kier alpha value is -1.08. The molecule has 0 bridgehead atoms. The summed E-state index contributed by atoms with van der Waals surface area (Å²) in [5.41, 5.74) is 0.291. The van der Waals surface area contributed by atoms with Gasteiger partial charge in [-0.25, -0.2) is 12.8 Å². The molecule has 0 saturated carbocycles. The van der Waals surface area contributed by atoms with E-state index in [1.165, 1.54) is 22.7 Å². The van der Waals surface area contributed by atoms with E-state index in [0.717, 1.165) is 0 Å². The van der Waals surface area contributed by atoms with Crippen molar-refractivity contribution in [2.24, 2.45) is 0 Å². The lowest BCUT2D eigenvalue weighted by molar-refractivity contribution is 0.600. The maximum Gasteiger partial charge on any atom is 0.161 e. The lowest BCUT2D eigenvalue weighted by Gasteiger charge is -2.24. The van der Waals surface area contributed by atoms with E-state index >= 15 is 0 Å². The number of rotatable bonds is 1. The molecular weight excluding hydrogens is 275 g/mol. The topological polar surface area (TPSA) is 61.2 Å². The van der Waals surface area contributed by atoms with Gasteiger partial charge in [-0.1, -0.05) is 23.9 Å². The number of fused-ring (bicyclic) bond motifs is 1. The second-order valence-corrected chi connectivity index (χ2v) is 7.81. The SMILES string of the molecule is N=C1S[C@H]2CS(=O)(=O)C[C@@H]2N1c1ccccc1F. The molecule has 2 aliphatic rings. The highest BCUT2D eigenvalue weighted by Crippen LogP contribution is 2.40. The quantitative estimate of drug-likeness (QED) is 0.849. The molecule has 2 fully saturated rings. The van der Waals surface area contributed by atoms with Gasteiger partial charge in [-0.2, -0.15) is 0 Å². The fourth-order valence-electron chi connectivity index (χ4n) is 2.44. The van der Waals surface area contributed by atoms with E-state index in [0.29, 0.717) is 5.69 Å². The Morgan fingerprint density at radius 3 is 2.78 bits per heavy atom. The molecule has 4 nitrogen and oxygen atoms in total. The third-order valence-corrected chi connectivity index (χ3v) is 6.33. The van der Waals surface area contributed by atoms with Crippen molar-refractivity contribution < 1.29 is 12.8 Å². The summed E-state index contributed by atoms with van der Waals surface area (Å²) in [5, 5.41) is 7.97. The van der Waals surface area contributed by atoms with Crippen molar-refractivity contribution in [3.8, 4) is 0 Å². The van der Waals surface area contributed by atoms with E-state index in [-0.39, 0.29) is 28.0 Å². The Morgan fingerprint density at radius 1 is 1.33 bits per heavy atom. The normalized spacial score (nSPS) is 29.6. The van der Waals surface area contributed by atoms with Gasteiger partial charge < -0.3 is 4.90 Å². The third kappa shape index (κ3) is 1.81. The molecule has 2 heterocycles. The van der Waals surface area contributed by atoms with E-state index in [1.807, 2.05) is 0 Å². The van der Waals surface area contributed by atoms with Gasteiger partial charge in [-0.15, -0.1) is 0 Å². The van der Waals surface area contributed by atoms with E-state index in [9.17, 15) is 12.8 Å². The summed E-state index contributed by atoms with van der Waals surface area (Å²) in [7, 11) is -3.06. The number of amidine groups is 1. The van der Waals surface area contributed by atoms with Gasteiger partial charge in [0, 0.05) is 5.25 Å². The molecule has 0 unspecified atom stereocenters. The van der Waals surface area contributed by atoms with Crippen molar-refractivity contribution in [1.82, 2.24) is 0 Å². The van der Waals surface area contributed by atoms with Crippen LogP contribution in [0.5, 0.6) is 0 Å². The Bertz CT molecular complexity index is 617. The number of hydrogen-bond acceptors (Lipinski definition) is 4. The molecule has 2 atom stereocenters. The minimum absolute atomic E-state index is 0.00137. The number of anilines is 1. The fraction of sp³-hybridized carbons (Fsp3) is 0.364. The first kappa shape index (κ1) is 12.0. The summed E-state index contributed by atoms with van der Waals surface area (Å²) in [5.74, 6) is -0.343. The summed E-state index contributed by atoms with van der Waals surface area (Å²) in [6.45, 7) is 0. The number of nitrogens with one attached hydrogen (secondary N) is 1. The molecule has 2 aliphatic heterocycles. The van der Waals surface area contributed by atoms with E-state index < -0.39 is 15.7 Å². The highest BCUT2D eigenvalue weighted by Gasteiger charge is 2.49. The fourth-order valence-corrected chi connectivity index (χ4v) is 6.22. The van der Waals surface area contributed by atoms with Crippen LogP contribution in [0.25, 0.3) is 0 Å². The molecule has 0 aromatic heterocycles. The first-order valence-corrected chi connectivity index (χ1v) is 8.17. The van der Waals surface area contributed by atoms with Gasteiger partial charge in [-0.05, 0) is 12.1 Å². The van der Waals surface area contributed by atoms with Crippen LogP contribution in [-0.2, 0) is 9.84 Å². The highest BCUT2D eigenvalue weighted by molar-refractivity contribution is 8.15. The van der Waals surface area contributed by atoms with Crippen molar-refractivity contribution in [2.45, 2.75) is 11.3 Å². The Kier molecular flexibility index (Phi) is 2.63. The van der Waals surface area contributed by atoms with Crippen LogP contribution >= 0.6 is 11.8 Å². The second-order valence-electron chi connectivity index (χ2n) is 4.43. The van der Waals surface area contributed by atoms with Crippen molar-refractivity contribution >= 4 is 32.5 Å². The maximum absolute atomic E-state index is 13.8. The van der Waals surface area contributed by atoms with Gasteiger partial charge in [-0.3, -0.25) is 5.41 Å². The van der Waals surface area contributed by atoms with Crippen LogP contribution in [0, 0.1) is 11.2 Å². The van der Waals surface area contributed by atoms with Crippen molar-refractivity contribution in [2.75, 3.05) is 16.4 Å². The third-order valence-electron chi connectivity index (χ3n) is 3.20. The van der Waals surface area contributed by atoms with Crippen molar-refractivity contribution in [3.63, 3.8) is 0 Å². The molecule has 1 N–H and O–H groups in total. The Morgan fingerprint density at radius 2 is 2.06 bits per heavy atom. The molecule has 7 heteroatoms. The molecular formula is C11H11FN2O2S2. The molecule has 2 saturated heterocycles. The Balaban J connectivity index is 2.02. The zero-order valence-corrected chi connectivity index (χ0v) is 11.0. The van der Waals surface area contributed by atoms with Crippen LogP contribution < -0.4 is 4.90 Å². The van der Waals surface area contributed by atoms with E-state index in [4.69, 9.17) is 5.41 Å². The van der Waals surface area contributed by atoms with Gasteiger partial charge in [0.25, 0.3) is 0 Å². The smallest absolute Gasteiger partial charge is 0.161 e. The predicted molar refractivity (Wildman–Crippen MR) is 70.4 cm³/mol. The summed E-state index contributed by atoms with van der Waals surface area (Å²) < 4.78 is 37.0. The first-order valence-electron chi connectivity index (χ1n) is 5.47. The number of halogens is 1. The molecule has 1 aromatic rings. The molecule has 0 amide bonds. The Labute approximate surface area is 109 Å². The van der Waals surface area contributed by atoms with Gasteiger partial charge in [0.2, 0.25) is 0 Å². The van der Waals surface area contributed by atoms with Gasteiger partial charge in [0.1, 0.15) is 5.82 Å². The zero-order valence-electron chi connectivity index (χ0n) is 9.34. The summed E-state index contributed by atoms with van der Waals surface area (Å²) in [6.07, 6.45) is 0. The standard InChI is InChI=1S/C11H11FN2O2S2/c12-7-3-1-2-4-8(7)14-9-5-18(15,16)6-10(9)17-11(14)13/h1-4,9-10,13H,5-6H2/t9-,10-/m0/s1. The van der Waals surface area contributed by atoms with E-state index in [1.54, 1.807) is 18.2 Å². The summed E-state index contributed by atoms with van der Waals surface area (Å²) >= 11 is 1.21. The number of benzene rings is 1. The summed E-state index contributed by atoms with van der Waals surface area (Å²) in [6, 6.07) is 5.85. The van der Waals surface area contributed by atoms with Gasteiger partial charge in [0.15, 0.2) is 15.0 Å². The molecule has 18 heavy (non-hydrogen) atoms. The molecule has 0 radical (unpaired) electrons. The van der Waals surface area contributed by atoms with Crippen LogP contribution in [0.4, 0.5) is 10.1 Å². The molecule has 1 aromatic carbocycles. The minimum atomic E-state index is -3.06. The van der Waals surface area contributed by atoms with Crippen molar-refractivity contribution in [3.05, 3.63) is 30.1 Å². The largest absolute Gasteiger partial charge is 0.313 e. The van der Waals surface area contributed by atoms with Crippen LogP contribution in [0.15, 0.2) is 24.3 Å². The number of thioether (sulfide) groups is 1. The number of nitrogens with zero attached hydrogens (tertiary/aromatic N) is 1. The minimum Gasteiger partial charge on any atom is -0.313 e. The molecule has 0 spiro atoms. The molecule has 96 valence electrons. The van der Waals surface area contributed by atoms with E-state index in [2.05, 4.69) is 0 Å². The maximum atomic E-state index is 13.8. The first-order chi connectivity index (χ1) is 8.48. The van der Waals surface area contributed by atoms with Gasteiger partial charge in [0.05, 0.1) is 23.2 Å². The number of hydrogen-bond donors (Lipinski definition) is 1. The van der Waals surface area contributed by atoms with Crippen LogP contribution in [0.2, 0.25) is 0 Å². The average Bonchev–Trinajstić information content (AvgIpc) is 2.70. The monoisotopic (exact) mass is 286 g/mol. The number of sulfone groups is 1.